The lowest BCUT2D eigenvalue weighted by atomic mass is 10.1. The molecule has 1 aliphatic carbocycles. The van der Waals surface area contributed by atoms with Crippen LogP contribution in [0.15, 0.2) is 33.9 Å². The number of pyridine rings is 1. The van der Waals surface area contributed by atoms with E-state index in [-0.39, 0.29) is 18.0 Å². The molecule has 3 aromatic heterocycles. The molecule has 0 radical (unpaired) electrons. The Morgan fingerprint density at radius 2 is 2.08 bits per heavy atom. The molecule has 3 aromatic rings. The van der Waals surface area contributed by atoms with E-state index in [0.29, 0.717) is 11.2 Å². The number of aromatic nitrogens is 3. The Morgan fingerprint density at radius 3 is 2.88 bits per heavy atom. The molecule has 1 N–H and O–H groups in total. The summed E-state index contributed by atoms with van der Waals surface area (Å²) in [6.07, 6.45) is 8.47. The molecule has 0 saturated heterocycles. The van der Waals surface area contributed by atoms with Crippen LogP contribution in [0.5, 0.6) is 0 Å². The number of anilines is 1. The van der Waals surface area contributed by atoms with Crippen molar-refractivity contribution in [2.75, 3.05) is 5.32 Å². The number of hydrogen-bond donors (Lipinski definition) is 1. The molecule has 4 rings (SSSR count). The average Bonchev–Trinajstić information content (AvgIpc) is 2.82. The summed E-state index contributed by atoms with van der Waals surface area (Å²) in [6.45, 7) is -0.0792. The lowest BCUT2D eigenvalue weighted by Gasteiger charge is -2.07. The number of nitrogens with one attached hydrogen (secondary N) is 1. The molecule has 1 aliphatic rings. The van der Waals surface area contributed by atoms with Gasteiger partial charge >= 0.3 is 0 Å². The maximum Gasteiger partial charge on any atom is 0.262 e. The Hall–Kier alpha value is -2.06. The minimum atomic E-state index is -0.301. The van der Waals surface area contributed by atoms with E-state index in [2.05, 4.69) is 31.2 Å². The maximum absolute atomic E-state index is 12.9. The highest BCUT2D eigenvalue weighted by Crippen LogP contribution is 2.32. The van der Waals surface area contributed by atoms with Gasteiger partial charge in [0.05, 0.1) is 11.7 Å². The third-order valence-electron chi connectivity index (χ3n) is 4.50. The minimum Gasteiger partial charge on any atom is -0.309 e. The van der Waals surface area contributed by atoms with Crippen LogP contribution < -0.4 is 10.9 Å². The zero-order valence-corrected chi connectivity index (χ0v) is 16.4. The first kappa shape index (κ1) is 17.4. The predicted octanol–water partition coefficient (Wildman–Crippen LogP) is 3.52. The van der Waals surface area contributed by atoms with Crippen molar-refractivity contribution in [2.45, 2.75) is 38.6 Å². The number of carbonyl (C=O) groups excluding carboxylic acids is 1. The normalized spacial score (nSPS) is 14.0. The molecule has 8 heteroatoms. The third kappa shape index (κ3) is 3.43. The van der Waals surface area contributed by atoms with Gasteiger partial charge in [0.2, 0.25) is 5.91 Å². The summed E-state index contributed by atoms with van der Waals surface area (Å²) in [5, 5.41) is 3.40. The second-order valence-corrected chi connectivity index (χ2v) is 8.33. The number of halogens is 1. The Labute approximate surface area is 162 Å². The van der Waals surface area contributed by atoms with Crippen LogP contribution in [0.2, 0.25) is 0 Å². The second kappa shape index (κ2) is 7.28. The number of nitrogens with zero attached hydrogens (tertiary/aromatic N) is 3. The van der Waals surface area contributed by atoms with Gasteiger partial charge in [0.15, 0.2) is 0 Å². The van der Waals surface area contributed by atoms with Crippen LogP contribution in [0.25, 0.3) is 10.2 Å². The van der Waals surface area contributed by atoms with Gasteiger partial charge in [-0.25, -0.2) is 9.97 Å². The topological polar surface area (TPSA) is 76.9 Å². The third-order valence-corrected chi connectivity index (χ3v) is 6.17. The summed E-state index contributed by atoms with van der Waals surface area (Å²) >= 11 is 4.92. The molecule has 0 aromatic carbocycles. The summed E-state index contributed by atoms with van der Waals surface area (Å²) in [6, 6.07) is 3.49. The highest BCUT2D eigenvalue weighted by atomic mass is 79.9. The number of thiophene rings is 1. The van der Waals surface area contributed by atoms with E-state index < -0.39 is 0 Å². The zero-order valence-electron chi connectivity index (χ0n) is 14.0. The van der Waals surface area contributed by atoms with Crippen molar-refractivity contribution >= 4 is 49.2 Å². The maximum atomic E-state index is 12.9. The molecule has 0 aliphatic heterocycles. The first-order valence-electron chi connectivity index (χ1n) is 8.53. The fourth-order valence-electron chi connectivity index (χ4n) is 3.26. The van der Waals surface area contributed by atoms with Gasteiger partial charge in [0.25, 0.3) is 5.56 Å². The van der Waals surface area contributed by atoms with Crippen LogP contribution in [-0.4, -0.2) is 20.4 Å². The molecule has 0 fully saturated rings. The summed E-state index contributed by atoms with van der Waals surface area (Å²) in [4.78, 5) is 35.8. The fourth-order valence-corrected chi connectivity index (χ4v) is 4.71. The first-order valence-corrected chi connectivity index (χ1v) is 10.1. The van der Waals surface area contributed by atoms with Crippen molar-refractivity contribution in [3.8, 4) is 0 Å². The van der Waals surface area contributed by atoms with Gasteiger partial charge in [-0.2, -0.15) is 0 Å². The van der Waals surface area contributed by atoms with Crippen molar-refractivity contribution in [1.29, 1.82) is 0 Å². The Balaban J connectivity index is 1.61. The summed E-state index contributed by atoms with van der Waals surface area (Å²) < 4.78 is 2.22. The van der Waals surface area contributed by atoms with E-state index in [1.807, 2.05) is 0 Å². The molecule has 3 heterocycles. The molecule has 6 nitrogen and oxygen atoms in total. The van der Waals surface area contributed by atoms with Crippen molar-refractivity contribution in [3.05, 3.63) is 49.9 Å². The number of amides is 1. The molecule has 1 amide bonds. The fraction of sp³-hybridized carbons (Fsp3) is 0.333. The number of carbonyl (C=O) groups is 1. The van der Waals surface area contributed by atoms with Crippen molar-refractivity contribution < 1.29 is 4.79 Å². The highest BCUT2D eigenvalue weighted by molar-refractivity contribution is 9.10. The molecule has 26 heavy (non-hydrogen) atoms. The predicted molar refractivity (Wildman–Crippen MR) is 106 cm³/mol. The van der Waals surface area contributed by atoms with Crippen molar-refractivity contribution in [2.24, 2.45) is 0 Å². The smallest absolute Gasteiger partial charge is 0.262 e. The van der Waals surface area contributed by atoms with Crippen molar-refractivity contribution in [3.63, 3.8) is 0 Å². The Kier molecular flexibility index (Phi) is 4.86. The monoisotopic (exact) mass is 432 g/mol. The second-order valence-electron chi connectivity index (χ2n) is 6.33. The van der Waals surface area contributed by atoms with Crippen LogP contribution >= 0.6 is 27.3 Å². The van der Waals surface area contributed by atoms with Gasteiger partial charge in [0.1, 0.15) is 17.2 Å². The molecular formula is C18H17BrN4O2S. The summed E-state index contributed by atoms with van der Waals surface area (Å²) in [7, 11) is 0. The average molecular weight is 433 g/mol. The lowest BCUT2D eigenvalue weighted by molar-refractivity contribution is -0.116. The standard InChI is InChI=1S/C18H17BrN4O2S/c19-11-6-7-14(20-8-11)22-15(24)9-23-10-21-17-16(18(23)25)12-4-2-1-3-5-13(12)26-17/h6-8,10H,1-5,9H2,(H,20,22,24). The molecule has 0 bridgehead atoms. The molecule has 134 valence electrons. The SMILES string of the molecule is O=C(Cn1cnc2sc3c(c2c1=O)CCCCC3)Nc1ccc(Br)cn1. The molecule has 0 spiro atoms. The zero-order chi connectivity index (χ0) is 18.1. The number of aryl methyl sites for hydroxylation is 2. The Morgan fingerprint density at radius 1 is 1.23 bits per heavy atom. The van der Waals surface area contributed by atoms with Crippen LogP contribution in [0, 0.1) is 0 Å². The van der Waals surface area contributed by atoms with Gasteiger partial charge in [-0.15, -0.1) is 11.3 Å². The molecule has 0 saturated carbocycles. The molecule has 0 unspecified atom stereocenters. The van der Waals surface area contributed by atoms with E-state index in [0.717, 1.165) is 40.5 Å². The van der Waals surface area contributed by atoms with Gasteiger partial charge in [-0.1, -0.05) is 6.42 Å². The lowest BCUT2D eigenvalue weighted by Crippen LogP contribution is -2.28. The first-order chi connectivity index (χ1) is 12.6. The van der Waals surface area contributed by atoms with Crippen LogP contribution in [0.3, 0.4) is 0 Å². The summed E-state index contributed by atoms with van der Waals surface area (Å²) in [5.41, 5.74) is 1.01. The minimum absolute atomic E-state index is 0.0792. The van der Waals surface area contributed by atoms with Gasteiger partial charge < -0.3 is 5.32 Å². The molecule has 0 atom stereocenters. The van der Waals surface area contributed by atoms with Crippen molar-refractivity contribution in [1.82, 2.24) is 14.5 Å². The Bertz CT molecular complexity index is 1030. The quantitative estimate of drug-likeness (QED) is 0.642. The van der Waals surface area contributed by atoms with E-state index in [9.17, 15) is 9.59 Å². The molecular weight excluding hydrogens is 416 g/mol. The summed E-state index contributed by atoms with van der Waals surface area (Å²) in [5.74, 6) is 0.147. The van der Waals surface area contributed by atoms with Crippen LogP contribution in [-0.2, 0) is 24.2 Å². The number of hydrogen-bond acceptors (Lipinski definition) is 5. The van der Waals surface area contributed by atoms with Gasteiger partial charge in [-0.3, -0.25) is 14.2 Å². The highest BCUT2D eigenvalue weighted by Gasteiger charge is 2.19. The van der Waals surface area contributed by atoms with E-state index in [1.165, 1.54) is 22.2 Å². The van der Waals surface area contributed by atoms with Gasteiger partial charge in [0, 0.05) is 15.5 Å². The van der Waals surface area contributed by atoms with Gasteiger partial charge in [-0.05, 0) is 59.3 Å². The number of rotatable bonds is 3. The van der Waals surface area contributed by atoms with E-state index in [1.54, 1.807) is 29.7 Å². The van der Waals surface area contributed by atoms with Crippen LogP contribution in [0.4, 0.5) is 5.82 Å². The largest absolute Gasteiger partial charge is 0.309 e. The van der Waals surface area contributed by atoms with E-state index >= 15 is 0 Å². The number of fused-ring (bicyclic) bond motifs is 3. The van der Waals surface area contributed by atoms with E-state index in [4.69, 9.17) is 0 Å². The van der Waals surface area contributed by atoms with Crippen LogP contribution in [0.1, 0.15) is 29.7 Å².